The average Bonchev–Trinajstić information content (AvgIpc) is 2.54. The summed E-state index contributed by atoms with van der Waals surface area (Å²) in [6.07, 6.45) is 2.27. The summed E-state index contributed by atoms with van der Waals surface area (Å²) < 4.78 is 0. The Balaban J connectivity index is 0.00000312. The van der Waals surface area contributed by atoms with Crippen LogP contribution in [0.1, 0.15) is 30.9 Å². The molecule has 2 rings (SSSR count). The second kappa shape index (κ2) is 11.7. The fourth-order valence-corrected chi connectivity index (χ4v) is 3.21. The molecule has 0 bridgehead atoms. The highest BCUT2D eigenvalue weighted by Crippen LogP contribution is 2.13. The lowest BCUT2D eigenvalue weighted by Crippen LogP contribution is -2.46. The largest absolute Gasteiger partial charge is 0.370 e. The molecule has 1 saturated heterocycles. The molecule has 0 saturated carbocycles. The molecule has 3 N–H and O–H groups in total. The number of likely N-dealkylation sites (N-methyl/N-ethyl adjacent to an activating group) is 1. The number of hydrogen-bond donors (Lipinski definition) is 2. The molecule has 0 unspecified atom stereocenters. The van der Waals surface area contributed by atoms with Gasteiger partial charge in [0.2, 0.25) is 0 Å². The van der Waals surface area contributed by atoms with E-state index in [0.717, 1.165) is 18.7 Å². The minimum Gasteiger partial charge on any atom is -0.370 e. The lowest BCUT2D eigenvalue weighted by molar-refractivity contribution is 0.136. The lowest BCUT2D eigenvalue weighted by atomic mass is 10.1. The van der Waals surface area contributed by atoms with Crippen molar-refractivity contribution in [2.45, 2.75) is 33.6 Å². The third-order valence-electron chi connectivity index (χ3n) is 4.57. The molecule has 1 heterocycles. The van der Waals surface area contributed by atoms with Gasteiger partial charge in [0, 0.05) is 38.4 Å². The van der Waals surface area contributed by atoms with Crippen molar-refractivity contribution >= 4 is 35.6 Å². The molecule has 0 atom stereocenters. The molecule has 0 aromatic heterocycles. The van der Waals surface area contributed by atoms with Crippen LogP contribution in [0.25, 0.3) is 0 Å². The van der Waals surface area contributed by atoms with E-state index in [9.17, 15) is 0 Å². The number of unbranched alkanes of at least 4 members (excludes halogenated alkanes) is 1. The molecule has 1 aromatic carbocycles. The summed E-state index contributed by atoms with van der Waals surface area (Å²) in [5.74, 6) is 0.511. The fourth-order valence-electron chi connectivity index (χ4n) is 3.21. The number of anilines is 1. The van der Waals surface area contributed by atoms with Crippen molar-refractivity contribution < 1.29 is 0 Å². The fraction of sp³-hybridized carbons (Fsp3) is 0.632. The van der Waals surface area contributed by atoms with Gasteiger partial charge in [0.1, 0.15) is 0 Å². The smallest absolute Gasteiger partial charge is 0.193 e. The molecule has 142 valence electrons. The summed E-state index contributed by atoms with van der Waals surface area (Å²) in [7, 11) is 0. The highest BCUT2D eigenvalue weighted by atomic mass is 127. The normalized spacial score (nSPS) is 16.5. The van der Waals surface area contributed by atoms with Crippen molar-refractivity contribution in [3.63, 3.8) is 0 Å². The number of rotatable bonds is 7. The zero-order chi connectivity index (χ0) is 17.4. The number of piperazine rings is 1. The highest BCUT2D eigenvalue weighted by Gasteiger charge is 2.14. The van der Waals surface area contributed by atoms with E-state index in [4.69, 9.17) is 5.73 Å². The van der Waals surface area contributed by atoms with Crippen LogP contribution < -0.4 is 11.1 Å². The zero-order valence-corrected chi connectivity index (χ0v) is 18.3. The van der Waals surface area contributed by atoms with Crippen LogP contribution in [-0.4, -0.2) is 61.6 Å². The molecule has 1 aromatic rings. The molecule has 6 heteroatoms. The molecule has 0 radical (unpaired) electrons. The van der Waals surface area contributed by atoms with Crippen molar-refractivity contribution in [1.82, 2.24) is 9.80 Å². The summed E-state index contributed by atoms with van der Waals surface area (Å²) in [4.78, 5) is 9.52. The SMILES string of the molecule is CCN1CCN(CCCCN=C(N)Nc2cc(C)cc(C)c2)CC1.I. The van der Waals surface area contributed by atoms with E-state index < -0.39 is 0 Å². The van der Waals surface area contributed by atoms with E-state index in [1.54, 1.807) is 0 Å². The molecular weight excluding hydrogens is 425 g/mol. The molecule has 1 fully saturated rings. The lowest BCUT2D eigenvalue weighted by Gasteiger charge is -2.33. The Kier molecular flexibility index (Phi) is 10.4. The van der Waals surface area contributed by atoms with Crippen LogP contribution in [0, 0.1) is 13.8 Å². The van der Waals surface area contributed by atoms with Crippen LogP contribution in [0.5, 0.6) is 0 Å². The van der Waals surface area contributed by atoms with Crippen LogP contribution in [0.15, 0.2) is 23.2 Å². The third kappa shape index (κ3) is 8.37. The monoisotopic (exact) mass is 459 g/mol. The number of nitrogens with zero attached hydrogens (tertiary/aromatic N) is 3. The number of halogens is 1. The Morgan fingerprint density at radius 3 is 2.24 bits per heavy atom. The van der Waals surface area contributed by atoms with Gasteiger partial charge >= 0.3 is 0 Å². The average molecular weight is 459 g/mol. The van der Waals surface area contributed by atoms with E-state index in [-0.39, 0.29) is 24.0 Å². The first-order chi connectivity index (χ1) is 11.6. The summed E-state index contributed by atoms with van der Waals surface area (Å²) in [5.41, 5.74) is 9.46. The van der Waals surface area contributed by atoms with Crippen LogP contribution in [0.2, 0.25) is 0 Å². The van der Waals surface area contributed by atoms with Gasteiger partial charge in [-0.1, -0.05) is 13.0 Å². The van der Waals surface area contributed by atoms with Gasteiger partial charge in [0.05, 0.1) is 0 Å². The second-order valence-corrected chi connectivity index (χ2v) is 6.75. The molecule has 0 spiro atoms. The van der Waals surface area contributed by atoms with Gasteiger partial charge in [-0.05, 0) is 63.0 Å². The quantitative estimate of drug-likeness (QED) is 0.285. The van der Waals surface area contributed by atoms with Crippen molar-refractivity contribution in [3.05, 3.63) is 29.3 Å². The maximum atomic E-state index is 5.98. The Morgan fingerprint density at radius 1 is 1.04 bits per heavy atom. The number of nitrogens with one attached hydrogen (secondary N) is 1. The number of aliphatic imine (C=N–C) groups is 1. The van der Waals surface area contributed by atoms with Gasteiger partial charge in [-0.3, -0.25) is 4.99 Å². The summed E-state index contributed by atoms with van der Waals surface area (Å²) in [6.45, 7) is 14.4. The number of hydrogen-bond acceptors (Lipinski definition) is 3. The standard InChI is InChI=1S/C19H33N5.HI/c1-4-23-9-11-24(12-10-23)8-6-5-7-21-19(20)22-18-14-16(2)13-17(3)15-18;/h13-15H,4-12H2,1-3H3,(H3,20,21,22);1H. The summed E-state index contributed by atoms with van der Waals surface area (Å²) in [5, 5.41) is 3.19. The van der Waals surface area contributed by atoms with E-state index in [0.29, 0.717) is 5.96 Å². The first-order valence-corrected chi connectivity index (χ1v) is 9.17. The van der Waals surface area contributed by atoms with Crippen molar-refractivity contribution in [2.24, 2.45) is 10.7 Å². The second-order valence-electron chi connectivity index (χ2n) is 6.75. The van der Waals surface area contributed by atoms with E-state index in [1.807, 2.05) is 0 Å². The third-order valence-corrected chi connectivity index (χ3v) is 4.57. The molecule has 1 aliphatic heterocycles. The maximum absolute atomic E-state index is 5.98. The number of nitrogens with two attached hydrogens (primary N) is 1. The van der Waals surface area contributed by atoms with Crippen LogP contribution in [0.3, 0.4) is 0 Å². The molecule has 0 aliphatic carbocycles. The van der Waals surface area contributed by atoms with E-state index >= 15 is 0 Å². The predicted molar refractivity (Wildman–Crippen MR) is 119 cm³/mol. The highest BCUT2D eigenvalue weighted by molar-refractivity contribution is 14.0. The molecule has 5 nitrogen and oxygen atoms in total. The minimum atomic E-state index is 0. The van der Waals surface area contributed by atoms with Gasteiger partial charge in [-0.2, -0.15) is 0 Å². The Hall–Kier alpha value is -0.860. The van der Waals surface area contributed by atoms with E-state index in [1.165, 1.54) is 56.8 Å². The van der Waals surface area contributed by atoms with Gasteiger partial charge < -0.3 is 20.9 Å². The first-order valence-electron chi connectivity index (χ1n) is 9.17. The Bertz CT molecular complexity index is 518. The van der Waals surface area contributed by atoms with Crippen LogP contribution in [0.4, 0.5) is 5.69 Å². The topological polar surface area (TPSA) is 56.9 Å². The van der Waals surface area contributed by atoms with Crippen molar-refractivity contribution in [1.29, 1.82) is 0 Å². The van der Waals surface area contributed by atoms with Crippen LogP contribution >= 0.6 is 24.0 Å². The number of guanidine groups is 1. The van der Waals surface area contributed by atoms with Gasteiger partial charge in [0.25, 0.3) is 0 Å². The van der Waals surface area contributed by atoms with Crippen molar-refractivity contribution in [2.75, 3.05) is 51.1 Å². The molecule has 0 amide bonds. The maximum Gasteiger partial charge on any atom is 0.193 e. The minimum absolute atomic E-state index is 0. The zero-order valence-electron chi connectivity index (χ0n) is 15.9. The molecule has 25 heavy (non-hydrogen) atoms. The Labute approximate surface area is 170 Å². The summed E-state index contributed by atoms with van der Waals surface area (Å²) >= 11 is 0. The number of aryl methyl sites for hydroxylation is 2. The van der Waals surface area contributed by atoms with Gasteiger partial charge in [0.15, 0.2) is 5.96 Å². The molecular formula is C19H34IN5. The molecule has 1 aliphatic rings. The van der Waals surface area contributed by atoms with Gasteiger partial charge in [-0.25, -0.2) is 0 Å². The Morgan fingerprint density at radius 2 is 1.64 bits per heavy atom. The van der Waals surface area contributed by atoms with Gasteiger partial charge in [-0.15, -0.1) is 24.0 Å². The van der Waals surface area contributed by atoms with E-state index in [2.05, 4.69) is 59.1 Å². The van der Waals surface area contributed by atoms with Crippen molar-refractivity contribution in [3.8, 4) is 0 Å². The predicted octanol–water partition coefficient (Wildman–Crippen LogP) is 3.07. The summed E-state index contributed by atoms with van der Waals surface area (Å²) in [6, 6.07) is 6.33. The first kappa shape index (κ1) is 22.2. The number of benzene rings is 1. The van der Waals surface area contributed by atoms with Crippen LogP contribution in [-0.2, 0) is 0 Å².